The SMILES string of the molecule is CCS(=O)CCNC(=O)N1CCCCC1CCC(=O)O. The maximum absolute atomic E-state index is 12.1. The molecule has 1 aliphatic rings. The van der Waals surface area contributed by atoms with Crippen LogP contribution < -0.4 is 5.32 Å². The summed E-state index contributed by atoms with van der Waals surface area (Å²) in [7, 11) is -0.878. The Morgan fingerprint density at radius 3 is 2.80 bits per heavy atom. The van der Waals surface area contributed by atoms with Crippen LogP contribution in [0.2, 0.25) is 0 Å². The van der Waals surface area contributed by atoms with E-state index in [1.54, 1.807) is 4.90 Å². The molecule has 0 aromatic rings. The van der Waals surface area contributed by atoms with Crippen molar-refractivity contribution in [2.24, 2.45) is 0 Å². The summed E-state index contributed by atoms with van der Waals surface area (Å²) >= 11 is 0. The minimum atomic E-state index is -0.878. The smallest absolute Gasteiger partial charge is 0.317 e. The van der Waals surface area contributed by atoms with E-state index in [1.165, 1.54) is 0 Å². The van der Waals surface area contributed by atoms with Crippen molar-refractivity contribution in [3.05, 3.63) is 0 Å². The molecule has 2 atom stereocenters. The summed E-state index contributed by atoms with van der Waals surface area (Å²) in [4.78, 5) is 24.5. The second-order valence-corrected chi connectivity index (χ2v) is 6.81. The second-order valence-electron chi connectivity index (χ2n) is 4.94. The molecule has 2 amide bonds. The lowest BCUT2D eigenvalue weighted by atomic mass is 9.98. The summed E-state index contributed by atoms with van der Waals surface area (Å²) in [6.45, 7) is 2.93. The van der Waals surface area contributed by atoms with Crippen LogP contribution in [0.25, 0.3) is 0 Å². The highest BCUT2D eigenvalue weighted by Crippen LogP contribution is 2.20. The molecular formula is C13H24N2O4S. The standard InChI is InChI=1S/C13H24N2O4S/c1-2-20(19)10-8-14-13(18)15-9-4-3-5-11(15)6-7-12(16)17/h11H,2-10H2,1H3,(H,14,18)(H,16,17). The summed E-state index contributed by atoms with van der Waals surface area (Å²) in [6, 6.07) is -0.148. The molecule has 0 aromatic carbocycles. The Bertz CT molecular complexity index is 362. The number of carbonyl (C=O) groups is 2. The molecule has 0 bridgehead atoms. The number of carboxylic acid groups (broad SMARTS) is 1. The molecule has 7 heteroatoms. The van der Waals surface area contributed by atoms with Crippen LogP contribution in [-0.2, 0) is 15.6 Å². The number of hydrogen-bond acceptors (Lipinski definition) is 3. The van der Waals surface area contributed by atoms with Crippen LogP contribution in [0.5, 0.6) is 0 Å². The van der Waals surface area contributed by atoms with Gasteiger partial charge in [0.15, 0.2) is 0 Å². The van der Waals surface area contributed by atoms with Gasteiger partial charge >= 0.3 is 12.0 Å². The van der Waals surface area contributed by atoms with Gasteiger partial charge in [-0.25, -0.2) is 4.79 Å². The summed E-state index contributed by atoms with van der Waals surface area (Å²) in [6.07, 6.45) is 3.45. The van der Waals surface area contributed by atoms with Crippen molar-refractivity contribution in [1.29, 1.82) is 0 Å². The highest BCUT2D eigenvalue weighted by Gasteiger charge is 2.26. The highest BCUT2D eigenvalue weighted by atomic mass is 32.2. The number of hydrogen-bond donors (Lipinski definition) is 2. The van der Waals surface area contributed by atoms with E-state index in [9.17, 15) is 13.8 Å². The fourth-order valence-corrected chi connectivity index (χ4v) is 2.99. The molecule has 0 spiro atoms. The molecule has 2 N–H and O–H groups in total. The van der Waals surface area contributed by atoms with Crippen LogP contribution in [-0.4, -0.2) is 56.9 Å². The first-order chi connectivity index (χ1) is 9.54. The molecule has 1 rings (SSSR count). The Morgan fingerprint density at radius 2 is 2.15 bits per heavy atom. The quantitative estimate of drug-likeness (QED) is 0.739. The van der Waals surface area contributed by atoms with E-state index in [-0.39, 0.29) is 18.5 Å². The first-order valence-electron chi connectivity index (χ1n) is 7.15. The first-order valence-corrected chi connectivity index (χ1v) is 8.64. The molecule has 2 unspecified atom stereocenters. The monoisotopic (exact) mass is 304 g/mol. The zero-order valence-corrected chi connectivity index (χ0v) is 12.8. The van der Waals surface area contributed by atoms with E-state index < -0.39 is 16.8 Å². The van der Waals surface area contributed by atoms with Gasteiger partial charge in [-0.2, -0.15) is 0 Å². The third-order valence-electron chi connectivity index (χ3n) is 3.51. The van der Waals surface area contributed by atoms with Crippen molar-refractivity contribution in [1.82, 2.24) is 10.2 Å². The lowest BCUT2D eigenvalue weighted by Crippen LogP contribution is -2.49. The van der Waals surface area contributed by atoms with E-state index in [4.69, 9.17) is 5.11 Å². The maximum Gasteiger partial charge on any atom is 0.317 e. The van der Waals surface area contributed by atoms with Gasteiger partial charge in [-0.05, 0) is 25.7 Å². The first kappa shape index (κ1) is 16.9. The van der Waals surface area contributed by atoms with Gasteiger partial charge in [-0.1, -0.05) is 6.92 Å². The molecule has 0 aromatic heterocycles. The van der Waals surface area contributed by atoms with Gasteiger partial charge in [0, 0.05) is 47.9 Å². The molecule has 1 fully saturated rings. The van der Waals surface area contributed by atoms with Crippen molar-refractivity contribution in [2.45, 2.75) is 45.1 Å². The van der Waals surface area contributed by atoms with E-state index in [0.29, 0.717) is 31.0 Å². The number of rotatable bonds is 7. The van der Waals surface area contributed by atoms with Crippen molar-refractivity contribution in [3.8, 4) is 0 Å². The molecule has 6 nitrogen and oxygen atoms in total. The zero-order chi connectivity index (χ0) is 15.0. The predicted octanol–water partition coefficient (Wildman–Crippen LogP) is 1.18. The van der Waals surface area contributed by atoms with Crippen LogP contribution in [0, 0.1) is 0 Å². The Labute approximate surface area is 122 Å². The number of nitrogens with one attached hydrogen (secondary N) is 1. The minimum absolute atomic E-state index is 0.0107. The van der Waals surface area contributed by atoms with Gasteiger partial charge in [0.1, 0.15) is 0 Å². The van der Waals surface area contributed by atoms with Crippen molar-refractivity contribution >= 4 is 22.8 Å². The normalized spacial score (nSPS) is 20.4. The molecule has 0 aliphatic carbocycles. The molecule has 0 saturated carbocycles. The van der Waals surface area contributed by atoms with Gasteiger partial charge in [-0.15, -0.1) is 0 Å². The summed E-state index contributed by atoms with van der Waals surface area (Å²) in [5, 5.41) is 11.5. The van der Waals surface area contributed by atoms with Gasteiger partial charge < -0.3 is 15.3 Å². The zero-order valence-electron chi connectivity index (χ0n) is 12.0. The Balaban J connectivity index is 2.41. The van der Waals surface area contributed by atoms with Crippen molar-refractivity contribution < 1.29 is 18.9 Å². The van der Waals surface area contributed by atoms with E-state index in [1.807, 2.05) is 6.92 Å². The number of likely N-dealkylation sites (tertiary alicyclic amines) is 1. The van der Waals surface area contributed by atoms with Crippen LogP contribution in [0.1, 0.15) is 39.0 Å². The molecule has 1 heterocycles. The number of aliphatic carboxylic acids is 1. The fraction of sp³-hybridized carbons (Fsp3) is 0.846. The second kappa shape index (κ2) is 8.94. The number of carboxylic acids is 1. The molecule has 116 valence electrons. The summed E-state index contributed by atoms with van der Waals surface area (Å²) in [5.41, 5.74) is 0. The van der Waals surface area contributed by atoms with Crippen LogP contribution in [0.4, 0.5) is 4.79 Å². The topological polar surface area (TPSA) is 86.7 Å². The Hall–Kier alpha value is -1.11. The predicted molar refractivity (Wildman–Crippen MR) is 78.2 cm³/mol. The van der Waals surface area contributed by atoms with Crippen LogP contribution in [0.3, 0.4) is 0 Å². The third kappa shape index (κ3) is 5.90. The molecule has 0 radical (unpaired) electrons. The van der Waals surface area contributed by atoms with Crippen molar-refractivity contribution in [3.63, 3.8) is 0 Å². The molecular weight excluding hydrogens is 280 g/mol. The number of urea groups is 1. The number of piperidine rings is 1. The number of amides is 2. The highest BCUT2D eigenvalue weighted by molar-refractivity contribution is 7.84. The van der Waals surface area contributed by atoms with E-state index >= 15 is 0 Å². The van der Waals surface area contributed by atoms with Gasteiger partial charge in [0.25, 0.3) is 0 Å². The molecule has 1 saturated heterocycles. The fourth-order valence-electron chi connectivity index (χ4n) is 2.38. The van der Waals surface area contributed by atoms with E-state index in [0.717, 1.165) is 19.3 Å². The minimum Gasteiger partial charge on any atom is -0.481 e. The summed E-state index contributed by atoms with van der Waals surface area (Å²) < 4.78 is 11.3. The van der Waals surface area contributed by atoms with Gasteiger partial charge in [0.05, 0.1) is 0 Å². The van der Waals surface area contributed by atoms with Crippen molar-refractivity contribution in [2.75, 3.05) is 24.6 Å². The van der Waals surface area contributed by atoms with E-state index in [2.05, 4.69) is 5.32 Å². The van der Waals surface area contributed by atoms with Crippen LogP contribution in [0.15, 0.2) is 0 Å². The maximum atomic E-state index is 12.1. The Kier molecular flexibility index (Phi) is 7.58. The lowest BCUT2D eigenvalue weighted by molar-refractivity contribution is -0.137. The number of carbonyl (C=O) groups excluding carboxylic acids is 1. The largest absolute Gasteiger partial charge is 0.481 e. The number of nitrogens with zero attached hydrogens (tertiary/aromatic N) is 1. The molecule has 1 aliphatic heterocycles. The van der Waals surface area contributed by atoms with Crippen LogP contribution >= 0.6 is 0 Å². The van der Waals surface area contributed by atoms with Gasteiger partial charge in [-0.3, -0.25) is 9.00 Å². The molecule has 20 heavy (non-hydrogen) atoms. The average Bonchev–Trinajstić information content (AvgIpc) is 2.45. The third-order valence-corrected chi connectivity index (χ3v) is 4.81. The average molecular weight is 304 g/mol. The summed E-state index contributed by atoms with van der Waals surface area (Å²) in [5.74, 6) is 0.241. The van der Waals surface area contributed by atoms with Gasteiger partial charge in [0.2, 0.25) is 0 Å². The lowest BCUT2D eigenvalue weighted by Gasteiger charge is -2.35. The Morgan fingerprint density at radius 1 is 1.40 bits per heavy atom.